The zero-order chi connectivity index (χ0) is 16.9. The van der Waals surface area contributed by atoms with E-state index in [1.54, 1.807) is 12.1 Å². The molecule has 1 aromatic carbocycles. The SMILES string of the molecule is CCOc1ccccc1NC(=O)N[C@@H]1CC[C@H](CS(N)(=O)=O)C1. The number of rotatable bonds is 6. The minimum Gasteiger partial charge on any atom is -0.492 e. The first-order chi connectivity index (χ1) is 10.9. The molecule has 2 atom stereocenters. The van der Waals surface area contributed by atoms with Crippen molar-refractivity contribution in [2.24, 2.45) is 11.1 Å². The van der Waals surface area contributed by atoms with Gasteiger partial charge in [-0.05, 0) is 44.2 Å². The lowest BCUT2D eigenvalue weighted by Crippen LogP contribution is -2.36. The average Bonchev–Trinajstić information content (AvgIpc) is 2.86. The minimum atomic E-state index is -3.46. The van der Waals surface area contributed by atoms with Gasteiger partial charge in [-0.2, -0.15) is 0 Å². The summed E-state index contributed by atoms with van der Waals surface area (Å²) in [5.74, 6) is 0.592. The monoisotopic (exact) mass is 341 g/mol. The van der Waals surface area contributed by atoms with Crippen molar-refractivity contribution in [3.05, 3.63) is 24.3 Å². The van der Waals surface area contributed by atoms with Gasteiger partial charge in [-0.25, -0.2) is 18.4 Å². The molecule has 0 radical (unpaired) electrons. The fourth-order valence-corrected chi connectivity index (χ4v) is 3.84. The lowest BCUT2D eigenvalue weighted by molar-refractivity contribution is 0.248. The van der Waals surface area contributed by atoms with Crippen LogP contribution in [-0.4, -0.2) is 32.9 Å². The number of nitrogens with one attached hydrogen (secondary N) is 2. The Kier molecular flexibility index (Phi) is 5.84. The fourth-order valence-electron chi connectivity index (χ4n) is 2.88. The van der Waals surface area contributed by atoms with Gasteiger partial charge in [0.05, 0.1) is 18.0 Å². The number of primary sulfonamides is 1. The van der Waals surface area contributed by atoms with E-state index < -0.39 is 10.0 Å². The number of urea groups is 1. The third-order valence-corrected chi connectivity index (χ3v) is 4.72. The molecule has 2 rings (SSSR count). The number of sulfonamides is 1. The number of anilines is 1. The quantitative estimate of drug-likeness (QED) is 0.731. The van der Waals surface area contributed by atoms with E-state index in [1.807, 2.05) is 19.1 Å². The molecule has 1 fully saturated rings. The van der Waals surface area contributed by atoms with E-state index in [1.165, 1.54) is 0 Å². The van der Waals surface area contributed by atoms with Crippen LogP contribution in [0.5, 0.6) is 5.75 Å². The summed E-state index contributed by atoms with van der Waals surface area (Å²) in [4.78, 5) is 12.1. The molecule has 0 unspecified atom stereocenters. The third kappa shape index (κ3) is 5.72. The van der Waals surface area contributed by atoms with E-state index in [2.05, 4.69) is 10.6 Å². The van der Waals surface area contributed by atoms with Crippen molar-refractivity contribution in [1.29, 1.82) is 0 Å². The van der Waals surface area contributed by atoms with Crippen LogP contribution in [0.2, 0.25) is 0 Å². The summed E-state index contributed by atoms with van der Waals surface area (Å²) in [6.07, 6.45) is 2.12. The lowest BCUT2D eigenvalue weighted by Gasteiger charge is -2.15. The smallest absolute Gasteiger partial charge is 0.319 e. The van der Waals surface area contributed by atoms with E-state index in [0.717, 1.165) is 12.8 Å². The number of hydrogen-bond acceptors (Lipinski definition) is 4. The van der Waals surface area contributed by atoms with Gasteiger partial charge in [0.1, 0.15) is 5.75 Å². The molecule has 0 aliphatic heterocycles. The van der Waals surface area contributed by atoms with Gasteiger partial charge in [0.25, 0.3) is 0 Å². The molecule has 2 amide bonds. The Hall–Kier alpha value is -1.80. The maximum absolute atomic E-state index is 12.1. The minimum absolute atomic E-state index is 0.00557. The van der Waals surface area contributed by atoms with E-state index in [-0.39, 0.29) is 23.7 Å². The molecule has 23 heavy (non-hydrogen) atoms. The van der Waals surface area contributed by atoms with Gasteiger partial charge in [0, 0.05) is 6.04 Å². The van der Waals surface area contributed by atoms with Crippen molar-refractivity contribution in [2.45, 2.75) is 32.2 Å². The number of hydrogen-bond donors (Lipinski definition) is 3. The highest BCUT2D eigenvalue weighted by atomic mass is 32.2. The summed E-state index contributed by atoms with van der Waals surface area (Å²) in [7, 11) is -3.46. The first-order valence-corrected chi connectivity index (χ1v) is 9.38. The maximum Gasteiger partial charge on any atom is 0.319 e. The van der Waals surface area contributed by atoms with Crippen LogP contribution < -0.4 is 20.5 Å². The Balaban J connectivity index is 1.86. The first-order valence-electron chi connectivity index (χ1n) is 7.67. The van der Waals surface area contributed by atoms with Crippen molar-refractivity contribution >= 4 is 21.7 Å². The van der Waals surface area contributed by atoms with Crippen molar-refractivity contribution in [2.75, 3.05) is 17.7 Å². The molecule has 0 bridgehead atoms. The van der Waals surface area contributed by atoms with Crippen molar-refractivity contribution in [1.82, 2.24) is 5.32 Å². The summed E-state index contributed by atoms with van der Waals surface area (Å²) in [6, 6.07) is 6.85. The summed E-state index contributed by atoms with van der Waals surface area (Å²) in [5, 5.41) is 10.7. The highest BCUT2D eigenvalue weighted by Crippen LogP contribution is 2.27. The number of para-hydroxylation sites is 2. The second kappa shape index (κ2) is 7.65. The van der Waals surface area contributed by atoms with E-state index >= 15 is 0 Å². The number of carbonyl (C=O) groups is 1. The van der Waals surface area contributed by atoms with Crippen LogP contribution >= 0.6 is 0 Å². The Labute approximate surface area is 136 Å². The predicted molar refractivity (Wildman–Crippen MR) is 88.9 cm³/mol. The molecule has 128 valence electrons. The summed E-state index contributed by atoms with van der Waals surface area (Å²) in [6.45, 7) is 2.39. The number of ether oxygens (including phenoxy) is 1. The molecule has 1 aromatic rings. The van der Waals surface area contributed by atoms with Gasteiger partial charge < -0.3 is 15.4 Å². The first kappa shape index (κ1) is 17.6. The summed E-state index contributed by atoms with van der Waals surface area (Å²) >= 11 is 0. The number of carbonyl (C=O) groups excluding carboxylic acids is 1. The van der Waals surface area contributed by atoms with E-state index in [0.29, 0.717) is 24.5 Å². The van der Waals surface area contributed by atoms with Crippen molar-refractivity contribution < 1.29 is 17.9 Å². The highest BCUT2D eigenvalue weighted by molar-refractivity contribution is 7.89. The lowest BCUT2D eigenvalue weighted by atomic mass is 10.1. The molecule has 0 spiro atoms. The highest BCUT2D eigenvalue weighted by Gasteiger charge is 2.28. The van der Waals surface area contributed by atoms with Crippen molar-refractivity contribution in [3.8, 4) is 5.75 Å². The van der Waals surface area contributed by atoms with Gasteiger partial charge in [-0.1, -0.05) is 12.1 Å². The molecular formula is C15H23N3O4S. The molecule has 0 heterocycles. The van der Waals surface area contributed by atoms with Crippen LogP contribution in [0.4, 0.5) is 10.5 Å². The van der Waals surface area contributed by atoms with E-state index in [9.17, 15) is 13.2 Å². The standard InChI is InChI=1S/C15H23N3O4S/c1-2-22-14-6-4-3-5-13(14)18-15(19)17-12-8-7-11(9-12)10-23(16,20)21/h3-6,11-12H,2,7-10H2,1H3,(H2,16,20,21)(H2,17,18,19)/t11-,12+/m0/s1. The molecule has 4 N–H and O–H groups in total. The van der Waals surface area contributed by atoms with E-state index in [4.69, 9.17) is 9.88 Å². The molecule has 1 aliphatic rings. The second-order valence-electron chi connectivity index (χ2n) is 5.73. The fraction of sp³-hybridized carbons (Fsp3) is 0.533. The Morgan fingerprint density at radius 3 is 2.78 bits per heavy atom. The van der Waals surface area contributed by atoms with Gasteiger partial charge in [0.2, 0.25) is 10.0 Å². The molecule has 0 saturated heterocycles. The average molecular weight is 341 g/mol. The summed E-state index contributed by atoms with van der Waals surface area (Å²) < 4.78 is 27.7. The predicted octanol–water partition coefficient (Wildman–Crippen LogP) is 1.66. The topological polar surface area (TPSA) is 111 Å². The van der Waals surface area contributed by atoms with Gasteiger partial charge in [-0.15, -0.1) is 0 Å². The second-order valence-corrected chi connectivity index (χ2v) is 7.39. The van der Waals surface area contributed by atoms with Crippen LogP contribution in [0.15, 0.2) is 24.3 Å². The normalized spacial score (nSPS) is 21.0. The molecule has 8 heteroatoms. The van der Waals surface area contributed by atoms with Gasteiger partial charge in [0.15, 0.2) is 0 Å². The van der Waals surface area contributed by atoms with Crippen LogP contribution in [0.1, 0.15) is 26.2 Å². The number of amides is 2. The molecule has 1 saturated carbocycles. The van der Waals surface area contributed by atoms with Gasteiger partial charge in [-0.3, -0.25) is 0 Å². The molecule has 0 aromatic heterocycles. The molecule has 1 aliphatic carbocycles. The third-order valence-electron chi connectivity index (χ3n) is 3.78. The maximum atomic E-state index is 12.1. The van der Waals surface area contributed by atoms with Crippen LogP contribution in [-0.2, 0) is 10.0 Å². The van der Waals surface area contributed by atoms with Crippen molar-refractivity contribution in [3.63, 3.8) is 0 Å². The summed E-state index contributed by atoms with van der Waals surface area (Å²) in [5.41, 5.74) is 0.603. The van der Waals surface area contributed by atoms with Crippen LogP contribution in [0, 0.1) is 5.92 Å². The number of nitrogens with two attached hydrogens (primary N) is 1. The molecule has 7 nitrogen and oxygen atoms in total. The van der Waals surface area contributed by atoms with Crippen LogP contribution in [0.25, 0.3) is 0 Å². The Morgan fingerprint density at radius 1 is 1.35 bits per heavy atom. The molecular weight excluding hydrogens is 318 g/mol. The Bertz CT molecular complexity index is 648. The Morgan fingerprint density at radius 2 is 2.09 bits per heavy atom. The zero-order valence-corrected chi connectivity index (χ0v) is 13.9. The van der Waals surface area contributed by atoms with Gasteiger partial charge >= 0.3 is 6.03 Å². The van der Waals surface area contributed by atoms with Crippen LogP contribution in [0.3, 0.4) is 0 Å². The number of benzene rings is 1. The zero-order valence-electron chi connectivity index (χ0n) is 13.1. The largest absolute Gasteiger partial charge is 0.492 e.